The Kier molecular flexibility index (Phi) is 11.4. The molecule has 1 rings (SSSR count). The number of likely N-dealkylation sites (N-methyl/N-ethyl adjacent to an activating group) is 1. The fourth-order valence-corrected chi connectivity index (χ4v) is 2.65. The third-order valence-electron chi connectivity index (χ3n) is 3.86. The summed E-state index contributed by atoms with van der Waals surface area (Å²) in [6, 6.07) is 0.252. The summed E-state index contributed by atoms with van der Waals surface area (Å²) in [6.45, 7) is 5.61. The van der Waals surface area contributed by atoms with Crippen LogP contribution in [0.25, 0.3) is 0 Å². The number of hydrogen-bond donors (Lipinski definition) is 3. The predicted molar refractivity (Wildman–Crippen MR) is 87.6 cm³/mol. The van der Waals surface area contributed by atoms with Crippen LogP contribution in [0.5, 0.6) is 0 Å². The van der Waals surface area contributed by atoms with Crippen molar-refractivity contribution in [1.29, 1.82) is 0 Å². The molecule has 0 unspecified atom stereocenters. The van der Waals surface area contributed by atoms with Crippen molar-refractivity contribution < 1.29 is 9.59 Å². The van der Waals surface area contributed by atoms with E-state index >= 15 is 0 Å². The molecule has 0 spiro atoms. The standard InChI is InChI=1S/C15H29N3O2.ClH/c1-3-16-12(2)10-17-15(20)11-18-14(19)9-8-13-6-4-5-7-13;/h12-13,16H,3-11H2,1-2H3,(H,17,20)(H,18,19);1H/t12-;/m1./s1. The van der Waals surface area contributed by atoms with Crippen molar-refractivity contribution in [3.63, 3.8) is 0 Å². The molecule has 0 aromatic rings. The van der Waals surface area contributed by atoms with Crippen LogP contribution in [0.1, 0.15) is 52.4 Å². The average molecular weight is 320 g/mol. The van der Waals surface area contributed by atoms with Gasteiger partial charge in [0.25, 0.3) is 0 Å². The molecule has 1 saturated carbocycles. The summed E-state index contributed by atoms with van der Waals surface area (Å²) in [5.74, 6) is 0.589. The van der Waals surface area contributed by atoms with E-state index in [1.807, 2.05) is 13.8 Å². The van der Waals surface area contributed by atoms with Crippen LogP contribution in [0.2, 0.25) is 0 Å². The fraction of sp³-hybridized carbons (Fsp3) is 0.867. The summed E-state index contributed by atoms with van der Waals surface area (Å²) >= 11 is 0. The summed E-state index contributed by atoms with van der Waals surface area (Å²) in [4.78, 5) is 23.2. The first-order valence-corrected chi connectivity index (χ1v) is 7.88. The molecule has 0 aliphatic heterocycles. The van der Waals surface area contributed by atoms with Crippen LogP contribution in [-0.4, -0.2) is 37.5 Å². The number of nitrogens with one attached hydrogen (secondary N) is 3. The van der Waals surface area contributed by atoms with Gasteiger partial charge in [0.1, 0.15) is 0 Å². The van der Waals surface area contributed by atoms with Gasteiger partial charge in [-0.25, -0.2) is 0 Å². The fourth-order valence-electron chi connectivity index (χ4n) is 2.65. The maximum absolute atomic E-state index is 11.6. The Hall–Kier alpha value is -0.810. The highest BCUT2D eigenvalue weighted by Gasteiger charge is 2.16. The lowest BCUT2D eigenvalue weighted by Crippen LogP contribution is -2.43. The molecule has 2 amide bonds. The Morgan fingerprint density at radius 1 is 1.14 bits per heavy atom. The number of carbonyl (C=O) groups excluding carboxylic acids is 2. The van der Waals surface area contributed by atoms with Crippen LogP contribution in [0.4, 0.5) is 0 Å². The molecule has 6 heteroatoms. The van der Waals surface area contributed by atoms with Crippen molar-refractivity contribution in [3.05, 3.63) is 0 Å². The Balaban J connectivity index is 0.00000400. The Morgan fingerprint density at radius 3 is 2.43 bits per heavy atom. The van der Waals surface area contributed by atoms with Gasteiger partial charge < -0.3 is 16.0 Å². The molecule has 0 aromatic heterocycles. The molecule has 0 heterocycles. The zero-order valence-corrected chi connectivity index (χ0v) is 14.1. The third kappa shape index (κ3) is 9.69. The molecule has 1 fully saturated rings. The van der Waals surface area contributed by atoms with Crippen molar-refractivity contribution in [3.8, 4) is 0 Å². The van der Waals surface area contributed by atoms with E-state index in [0.29, 0.717) is 13.0 Å². The highest BCUT2D eigenvalue weighted by molar-refractivity contribution is 5.85. The van der Waals surface area contributed by atoms with E-state index in [-0.39, 0.29) is 36.8 Å². The molecule has 1 aliphatic rings. The van der Waals surface area contributed by atoms with Crippen LogP contribution < -0.4 is 16.0 Å². The first-order chi connectivity index (χ1) is 9.61. The summed E-state index contributed by atoms with van der Waals surface area (Å²) in [7, 11) is 0. The van der Waals surface area contributed by atoms with Gasteiger partial charge in [-0.1, -0.05) is 32.6 Å². The average Bonchev–Trinajstić information content (AvgIpc) is 2.94. The van der Waals surface area contributed by atoms with Gasteiger partial charge >= 0.3 is 0 Å². The van der Waals surface area contributed by atoms with E-state index in [1.54, 1.807) is 0 Å². The quantitative estimate of drug-likeness (QED) is 0.604. The lowest BCUT2D eigenvalue weighted by atomic mass is 10.0. The van der Waals surface area contributed by atoms with Crippen molar-refractivity contribution in [1.82, 2.24) is 16.0 Å². The van der Waals surface area contributed by atoms with Crippen LogP contribution in [0.15, 0.2) is 0 Å². The van der Waals surface area contributed by atoms with E-state index in [0.717, 1.165) is 18.9 Å². The van der Waals surface area contributed by atoms with Gasteiger partial charge in [0, 0.05) is 19.0 Å². The normalized spacial score (nSPS) is 16.1. The minimum absolute atomic E-state index is 0. The Bertz CT molecular complexity index is 307. The molecule has 0 bridgehead atoms. The summed E-state index contributed by atoms with van der Waals surface area (Å²) in [6.07, 6.45) is 6.64. The predicted octanol–water partition coefficient (Wildman–Crippen LogP) is 1.61. The second-order valence-electron chi connectivity index (χ2n) is 5.73. The molecule has 124 valence electrons. The van der Waals surface area contributed by atoms with Crippen LogP contribution in [0.3, 0.4) is 0 Å². The molecular formula is C15H30ClN3O2. The largest absolute Gasteiger partial charge is 0.353 e. The highest BCUT2D eigenvalue weighted by Crippen LogP contribution is 2.28. The number of rotatable bonds is 9. The number of carbonyl (C=O) groups is 2. The second-order valence-corrected chi connectivity index (χ2v) is 5.73. The van der Waals surface area contributed by atoms with Gasteiger partial charge in [0.15, 0.2) is 0 Å². The molecule has 0 saturated heterocycles. The Labute approximate surface area is 134 Å². The topological polar surface area (TPSA) is 70.2 Å². The minimum atomic E-state index is -0.121. The van der Waals surface area contributed by atoms with E-state index < -0.39 is 0 Å². The van der Waals surface area contributed by atoms with Crippen LogP contribution >= 0.6 is 12.4 Å². The van der Waals surface area contributed by atoms with Crippen LogP contribution in [-0.2, 0) is 9.59 Å². The SMILES string of the molecule is CCN[C@H](C)CNC(=O)CNC(=O)CCC1CCCC1.Cl. The molecule has 1 atom stereocenters. The summed E-state index contributed by atoms with van der Waals surface area (Å²) < 4.78 is 0. The molecule has 0 radical (unpaired) electrons. The van der Waals surface area contributed by atoms with E-state index in [9.17, 15) is 9.59 Å². The van der Waals surface area contributed by atoms with Gasteiger partial charge in [-0.15, -0.1) is 12.4 Å². The first-order valence-electron chi connectivity index (χ1n) is 7.88. The lowest BCUT2D eigenvalue weighted by molar-refractivity contribution is -0.126. The van der Waals surface area contributed by atoms with Gasteiger partial charge in [-0.05, 0) is 25.8 Å². The van der Waals surface area contributed by atoms with Gasteiger partial charge in [0.2, 0.25) is 11.8 Å². The van der Waals surface area contributed by atoms with Crippen LogP contribution in [0, 0.1) is 5.92 Å². The smallest absolute Gasteiger partial charge is 0.239 e. The minimum Gasteiger partial charge on any atom is -0.353 e. The summed E-state index contributed by atoms with van der Waals surface area (Å²) in [5, 5.41) is 8.71. The molecule has 1 aliphatic carbocycles. The molecular weight excluding hydrogens is 290 g/mol. The molecule has 3 N–H and O–H groups in total. The molecule has 21 heavy (non-hydrogen) atoms. The van der Waals surface area contributed by atoms with Crippen molar-refractivity contribution in [2.75, 3.05) is 19.6 Å². The first kappa shape index (κ1) is 20.2. The van der Waals surface area contributed by atoms with Gasteiger partial charge in [-0.2, -0.15) is 0 Å². The number of hydrogen-bond acceptors (Lipinski definition) is 3. The number of amides is 2. The van der Waals surface area contributed by atoms with Crippen molar-refractivity contribution in [2.24, 2.45) is 5.92 Å². The lowest BCUT2D eigenvalue weighted by Gasteiger charge is -2.13. The van der Waals surface area contributed by atoms with E-state index in [2.05, 4.69) is 16.0 Å². The van der Waals surface area contributed by atoms with Gasteiger partial charge in [-0.3, -0.25) is 9.59 Å². The second kappa shape index (κ2) is 11.8. The van der Waals surface area contributed by atoms with Gasteiger partial charge in [0.05, 0.1) is 6.54 Å². The molecule has 5 nitrogen and oxygen atoms in total. The van der Waals surface area contributed by atoms with Crippen molar-refractivity contribution >= 4 is 24.2 Å². The molecule has 0 aromatic carbocycles. The highest BCUT2D eigenvalue weighted by atomic mass is 35.5. The Morgan fingerprint density at radius 2 is 1.81 bits per heavy atom. The zero-order valence-electron chi connectivity index (χ0n) is 13.2. The van der Waals surface area contributed by atoms with E-state index in [1.165, 1.54) is 25.7 Å². The summed E-state index contributed by atoms with van der Waals surface area (Å²) in [5.41, 5.74) is 0. The number of halogens is 1. The van der Waals surface area contributed by atoms with E-state index in [4.69, 9.17) is 0 Å². The zero-order chi connectivity index (χ0) is 14.8. The maximum Gasteiger partial charge on any atom is 0.239 e. The monoisotopic (exact) mass is 319 g/mol. The van der Waals surface area contributed by atoms with Crippen molar-refractivity contribution in [2.45, 2.75) is 58.4 Å². The maximum atomic E-state index is 11.6. The third-order valence-corrected chi connectivity index (χ3v) is 3.86.